The van der Waals surface area contributed by atoms with Crippen LogP contribution in [0, 0.1) is 11.8 Å². The third-order valence-corrected chi connectivity index (χ3v) is 5.34. The molecule has 7 heteroatoms. The van der Waals surface area contributed by atoms with E-state index in [9.17, 15) is 4.79 Å². The van der Waals surface area contributed by atoms with Crippen LogP contribution in [0.25, 0.3) is 22.0 Å². The lowest BCUT2D eigenvalue weighted by atomic mass is 10.0. The van der Waals surface area contributed by atoms with E-state index in [1.807, 2.05) is 25.4 Å². The number of hydrogen-bond donors (Lipinski definition) is 1. The molecule has 1 aliphatic heterocycles. The van der Waals surface area contributed by atoms with Gasteiger partial charge in [-0.1, -0.05) is 13.8 Å². The molecule has 1 atom stereocenters. The maximum Gasteiger partial charge on any atom is 0.225 e. The first-order valence-electron chi connectivity index (χ1n) is 10.2. The largest absolute Gasteiger partial charge is 0.311 e. The lowest BCUT2D eigenvalue weighted by Gasteiger charge is -2.18. The summed E-state index contributed by atoms with van der Waals surface area (Å²) in [5.41, 5.74) is 1.81. The van der Waals surface area contributed by atoms with Gasteiger partial charge in [0.15, 0.2) is 0 Å². The van der Waals surface area contributed by atoms with Gasteiger partial charge in [-0.3, -0.25) is 14.5 Å². The summed E-state index contributed by atoms with van der Waals surface area (Å²) < 4.78 is 1.75. The molecule has 152 valence electrons. The monoisotopic (exact) mass is 392 g/mol. The van der Waals surface area contributed by atoms with Crippen molar-refractivity contribution in [2.75, 3.05) is 25.0 Å². The molecule has 3 aromatic rings. The summed E-state index contributed by atoms with van der Waals surface area (Å²) in [7, 11) is 1.88. The normalized spacial score (nSPS) is 17.3. The highest BCUT2D eigenvalue weighted by Gasteiger charge is 2.25. The Balaban J connectivity index is 1.42. The van der Waals surface area contributed by atoms with Gasteiger partial charge in [-0.15, -0.1) is 0 Å². The van der Waals surface area contributed by atoms with Gasteiger partial charge in [0, 0.05) is 56.1 Å². The van der Waals surface area contributed by atoms with E-state index < -0.39 is 0 Å². The van der Waals surface area contributed by atoms with Gasteiger partial charge in [-0.2, -0.15) is 5.10 Å². The molecule has 1 fully saturated rings. The minimum absolute atomic E-state index is 0.0368. The molecule has 1 amide bonds. The lowest BCUT2D eigenvalue weighted by molar-refractivity contribution is -0.117. The SMILES string of the molecule is CC(C)CN1CCC(CC(=O)Nc2cc3cc(-c4cnn(C)c4)ncc3cn2)C1. The van der Waals surface area contributed by atoms with Gasteiger partial charge in [0.2, 0.25) is 5.91 Å². The Morgan fingerprint density at radius 1 is 1.21 bits per heavy atom. The van der Waals surface area contributed by atoms with Gasteiger partial charge >= 0.3 is 0 Å². The average Bonchev–Trinajstić information content (AvgIpc) is 3.29. The fourth-order valence-corrected chi connectivity index (χ4v) is 4.04. The molecule has 0 aliphatic carbocycles. The quantitative estimate of drug-likeness (QED) is 0.696. The molecule has 1 unspecified atom stereocenters. The molecule has 0 radical (unpaired) electrons. The van der Waals surface area contributed by atoms with Crippen molar-refractivity contribution in [2.45, 2.75) is 26.7 Å². The summed E-state index contributed by atoms with van der Waals surface area (Å²) in [6, 6.07) is 3.92. The number of aromatic nitrogens is 4. The Hall–Kier alpha value is -2.80. The van der Waals surface area contributed by atoms with E-state index in [1.54, 1.807) is 23.3 Å². The Morgan fingerprint density at radius 2 is 2.03 bits per heavy atom. The molecule has 1 aliphatic rings. The number of anilines is 1. The number of aryl methyl sites for hydroxylation is 1. The van der Waals surface area contributed by atoms with Crippen molar-refractivity contribution >= 4 is 22.5 Å². The number of fused-ring (bicyclic) bond motifs is 1. The van der Waals surface area contributed by atoms with Gasteiger partial charge in [0.1, 0.15) is 5.82 Å². The Bertz CT molecular complexity index is 1010. The molecule has 4 rings (SSSR count). The Kier molecular flexibility index (Phi) is 5.58. The molecule has 7 nitrogen and oxygen atoms in total. The first-order valence-corrected chi connectivity index (χ1v) is 10.2. The van der Waals surface area contributed by atoms with Crippen LogP contribution in [0.5, 0.6) is 0 Å². The highest BCUT2D eigenvalue weighted by Crippen LogP contribution is 2.24. The first-order chi connectivity index (χ1) is 14.0. The number of carbonyl (C=O) groups excluding carboxylic acids is 1. The predicted molar refractivity (Wildman–Crippen MR) is 114 cm³/mol. The highest BCUT2D eigenvalue weighted by atomic mass is 16.1. The average molecular weight is 393 g/mol. The van der Waals surface area contributed by atoms with Crippen LogP contribution in [0.4, 0.5) is 5.82 Å². The number of nitrogens with zero attached hydrogens (tertiary/aromatic N) is 5. The third kappa shape index (κ3) is 4.79. The van der Waals surface area contributed by atoms with Crippen LogP contribution in [0.2, 0.25) is 0 Å². The van der Waals surface area contributed by atoms with Gasteiger partial charge in [-0.05, 0) is 42.3 Å². The third-order valence-electron chi connectivity index (χ3n) is 5.34. The number of hydrogen-bond acceptors (Lipinski definition) is 5. The van der Waals surface area contributed by atoms with Crippen molar-refractivity contribution in [1.29, 1.82) is 0 Å². The smallest absolute Gasteiger partial charge is 0.225 e. The van der Waals surface area contributed by atoms with Crippen LogP contribution < -0.4 is 5.32 Å². The van der Waals surface area contributed by atoms with Crippen LogP contribution in [0.15, 0.2) is 36.9 Å². The minimum Gasteiger partial charge on any atom is -0.311 e. The van der Waals surface area contributed by atoms with E-state index in [0.29, 0.717) is 24.1 Å². The van der Waals surface area contributed by atoms with E-state index in [2.05, 4.69) is 39.1 Å². The summed E-state index contributed by atoms with van der Waals surface area (Å²) in [5.74, 6) is 1.71. The number of likely N-dealkylation sites (tertiary alicyclic amines) is 1. The zero-order chi connectivity index (χ0) is 20.4. The van der Waals surface area contributed by atoms with Crippen LogP contribution in [-0.4, -0.2) is 50.2 Å². The second-order valence-corrected chi connectivity index (χ2v) is 8.45. The van der Waals surface area contributed by atoms with Gasteiger partial charge in [-0.25, -0.2) is 4.98 Å². The van der Waals surface area contributed by atoms with Crippen LogP contribution in [0.1, 0.15) is 26.7 Å². The molecule has 3 aromatic heterocycles. The van der Waals surface area contributed by atoms with E-state index >= 15 is 0 Å². The summed E-state index contributed by atoms with van der Waals surface area (Å²) >= 11 is 0. The van der Waals surface area contributed by atoms with Gasteiger partial charge in [0.05, 0.1) is 11.9 Å². The standard InChI is InChI=1S/C22H28N6O/c1-15(2)12-28-5-4-16(13-28)6-22(29)26-21-8-17-7-20(19-11-25-27(3)14-19)23-9-18(17)10-24-21/h7-11,14-16H,4-6,12-13H2,1-3H3,(H,24,26,29). The van der Waals surface area contributed by atoms with Gasteiger partial charge in [0.25, 0.3) is 0 Å². The van der Waals surface area contributed by atoms with Gasteiger partial charge < -0.3 is 10.2 Å². The van der Waals surface area contributed by atoms with Crippen LogP contribution in [0.3, 0.4) is 0 Å². The van der Waals surface area contributed by atoms with Crippen LogP contribution in [-0.2, 0) is 11.8 Å². The fraction of sp³-hybridized carbons (Fsp3) is 0.455. The molecular weight excluding hydrogens is 364 g/mol. The number of carbonyl (C=O) groups is 1. The topological polar surface area (TPSA) is 75.9 Å². The second-order valence-electron chi connectivity index (χ2n) is 8.45. The minimum atomic E-state index is 0.0368. The summed E-state index contributed by atoms with van der Waals surface area (Å²) in [6.45, 7) is 7.68. The Labute approximate surface area is 171 Å². The summed E-state index contributed by atoms with van der Waals surface area (Å²) in [6.07, 6.45) is 8.92. The zero-order valence-electron chi connectivity index (χ0n) is 17.3. The molecule has 1 N–H and O–H groups in total. The maximum atomic E-state index is 12.5. The number of nitrogens with one attached hydrogen (secondary N) is 1. The molecule has 0 saturated carbocycles. The van der Waals surface area contributed by atoms with Crippen molar-refractivity contribution in [3.05, 3.63) is 36.9 Å². The first kappa shape index (κ1) is 19.5. The van der Waals surface area contributed by atoms with E-state index in [0.717, 1.165) is 48.1 Å². The van der Waals surface area contributed by atoms with Crippen molar-refractivity contribution in [2.24, 2.45) is 18.9 Å². The number of pyridine rings is 2. The second kappa shape index (κ2) is 8.29. The molecule has 0 bridgehead atoms. The lowest BCUT2D eigenvalue weighted by Crippen LogP contribution is -2.26. The Morgan fingerprint density at radius 3 is 2.79 bits per heavy atom. The van der Waals surface area contributed by atoms with Crippen molar-refractivity contribution in [1.82, 2.24) is 24.6 Å². The molecular formula is C22H28N6O. The number of amides is 1. The molecule has 4 heterocycles. The summed E-state index contributed by atoms with van der Waals surface area (Å²) in [5, 5.41) is 9.11. The fourth-order valence-electron chi connectivity index (χ4n) is 4.04. The van der Waals surface area contributed by atoms with E-state index in [-0.39, 0.29) is 5.91 Å². The summed E-state index contributed by atoms with van der Waals surface area (Å²) in [4.78, 5) is 23.9. The molecule has 29 heavy (non-hydrogen) atoms. The molecule has 0 aromatic carbocycles. The molecule has 1 saturated heterocycles. The van der Waals surface area contributed by atoms with Crippen molar-refractivity contribution in [3.8, 4) is 11.3 Å². The molecule has 0 spiro atoms. The van der Waals surface area contributed by atoms with E-state index in [4.69, 9.17) is 0 Å². The predicted octanol–water partition coefficient (Wildman–Crippen LogP) is 3.34. The maximum absolute atomic E-state index is 12.5. The van der Waals surface area contributed by atoms with E-state index in [1.165, 1.54) is 0 Å². The van der Waals surface area contributed by atoms with Crippen molar-refractivity contribution in [3.63, 3.8) is 0 Å². The highest BCUT2D eigenvalue weighted by molar-refractivity contribution is 5.93. The zero-order valence-corrected chi connectivity index (χ0v) is 17.3. The van der Waals surface area contributed by atoms with Crippen LogP contribution >= 0.6 is 0 Å². The number of rotatable bonds is 6. The van der Waals surface area contributed by atoms with Crippen molar-refractivity contribution < 1.29 is 4.79 Å².